The Morgan fingerprint density at radius 2 is 1.77 bits per heavy atom. The number of hydrogen-bond donors (Lipinski definition) is 2. The third-order valence-electron chi connectivity index (χ3n) is 3.66. The first-order valence-corrected chi connectivity index (χ1v) is 8.17. The van der Waals surface area contributed by atoms with Gasteiger partial charge in [0.2, 0.25) is 0 Å². The molecule has 2 aromatic carbocycles. The van der Waals surface area contributed by atoms with Gasteiger partial charge in [-0.15, -0.1) is 0 Å². The zero-order chi connectivity index (χ0) is 18.8. The number of thioether (sulfide) groups is 1. The number of carbonyl (C=O) groups is 2. The van der Waals surface area contributed by atoms with E-state index in [4.69, 9.17) is 0 Å². The molecular formula is C17H12N2O6S. The second kappa shape index (κ2) is 6.89. The zero-order valence-electron chi connectivity index (χ0n) is 13.2. The van der Waals surface area contributed by atoms with E-state index in [0.717, 1.165) is 16.7 Å². The molecule has 0 unspecified atom stereocenters. The summed E-state index contributed by atoms with van der Waals surface area (Å²) in [7, 11) is 0. The summed E-state index contributed by atoms with van der Waals surface area (Å²) in [6.07, 6.45) is 1.44. The highest BCUT2D eigenvalue weighted by Gasteiger charge is 2.35. The van der Waals surface area contributed by atoms with Crippen molar-refractivity contribution in [2.24, 2.45) is 0 Å². The van der Waals surface area contributed by atoms with Gasteiger partial charge in [0.15, 0.2) is 11.5 Å². The Balaban J connectivity index is 1.79. The Kier molecular flexibility index (Phi) is 4.63. The third-order valence-corrected chi connectivity index (χ3v) is 4.57. The van der Waals surface area contributed by atoms with E-state index in [1.165, 1.54) is 48.5 Å². The molecule has 2 aromatic rings. The number of non-ortho nitro benzene ring substituents is 1. The highest BCUT2D eigenvalue weighted by Crippen LogP contribution is 2.34. The summed E-state index contributed by atoms with van der Waals surface area (Å²) in [6.45, 7) is 0.000822. The predicted molar refractivity (Wildman–Crippen MR) is 94.4 cm³/mol. The fourth-order valence-corrected chi connectivity index (χ4v) is 3.16. The second-order valence-corrected chi connectivity index (χ2v) is 6.43. The van der Waals surface area contributed by atoms with Gasteiger partial charge in [0.1, 0.15) is 0 Å². The Hall–Kier alpha value is -3.33. The quantitative estimate of drug-likeness (QED) is 0.366. The molecule has 2 amide bonds. The van der Waals surface area contributed by atoms with Crippen LogP contribution in [-0.2, 0) is 11.3 Å². The Morgan fingerprint density at radius 1 is 1.08 bits per heavy atom. The molecule has 0 saturated carbocycles. The van der Waals surface area contributed by atoms with Crippen LogP contribution in [0.3, 0.4) is 0 Å². The number of phenolic OH excluding ortho intramolecular Hbond substituents is 2. The number of rotatable bonds is 4. The minimum absolute atomic E-state index is 0.000822. The largest absolute Gasteiger partial charge is 0.504 e. The van der Waals surface area contributed by atoms with Crippen LogP contribution in [0, 0.1) is 10.1 Å². The van der Waals surface area contributed by atoms with Crippen molar-refractivity contribution < 1.29 is 24.7 Å². The van der Waals surface area contributed by atoms with E-state index < -0.39 is 16.1 Å². The van der Waals surface area contributed by atoms with Crippen molar-refractivity contribution in [1.82, 2.24) is 4.90 Å². The van der Waals surface area contributed by atoms with Gasteiger partial charge in [-0.3, -0.25) is 24.6 Å². The monoisotopic (exact) mass is 372 g/mol. The molecule has 0 radical (unpaired) electrons. The average molecular weight is 372 g/mol. The summed E-state index contributed by atoms with van der Waals surface area (Å²) in [4.78, 5) is 35.9. The van der Waals surface area contributed by atoms with Gasteiger partial charge in [-0.05, 0) is 41.1 Å². The van der Waals surface area contributed by atoms with Crippen LogP contribution in [0.25, 0.3) is 6.08 Å². The highest BCUT2D eigenvalue weighted by molar-refractivity contribution is 8.18. The molecule has 0 aliphatic carbocycles. The molecular weight excluding hydrogens is 360 g/mol. The summed E-state index contributed by atoms with van der Waals surface area (Å²) < 4.78 is 0. The van der Waals surface area contributed by atoms with Crippen LogP contribution in [-0.4, -0.2) is 31.2 Å². The number of hydrogen-bond acceptors (Lipinski definition) is 7. The number of amides is 2. The normalized spacial score (nSPS) is 15.7. The molecule has 26 heavy (non-hydrogen) atoms. The first-order valence-electron chi connectivity index (χ1n) is 7.36. The van der Waals surface area contributed by atoms with Crippen molar-refractivity contribution in [3.8, 4) is 11.5 Å². The molecule has 1 aliphatic heterocycles. The van der Waals surface area contributed by atoms with Gasteiger partial charge in [-0.25, -0.2) is 0 Å². The van der Waals surface area contributed by atoms with E-state index in [1.54, 1.807) is 0 Å². The molecule has 1 heterocycles. The molecule has 1 fully saturated rings. The van der Waals surface area contributed by atoms with E-state index in [-0.39, 0.29) is 28.6 Å². The standard InChI is InChI=1S/C17H12N2O6S/c20-13-6-3-11(7-14(13)21)8-15-16(22)18(17(23)26-15)9-10-1-4-12(5-2-10)19(24)25/h1-8,20-21H,9H2/b15-8+. The zero-order valence-corrected chi connectivity index (χ0v) is 14.0. The maximum absolute atomic E-state index is 12.4. The van der Waals surface area contributed by atoms with E-state index in [1.807, 2.05) is 0 Å². The topological polar surface area (TPSA) is 121 Å². The first-order chi connectivity index (χ1) is 12.3. The van der Waals surface area contributed by atoms with Crippen molar-refractivity contribution in [3.05, 3.63) is 68.6 Å². The fraction of sp³-hybridized carbons (Fsp3) is 0.0588. The van der Waals surface area contributed by atoms with Crippen molar-refractivity contribution in [2.45, 2.75) is 6.54 Å². The molecule has 0 atom stereocenters. The van der Waals surface area contributed by atoms with Gasteiger partial charge in [0, 0.05) is 12.1 Å². The predicted octanol–water partition coefficient (Wildman–Crippen LogP) is 3.24. The van der Waals surface area contributed by atoms with Gasteiger partial charge in [0.05, 0.1) is 16.4 Å². The lowest BCUT2D eigenvalue weighted by molar-refractivity contribution is -0.384. The lowest BCUT2D eigenvalue weighted by Crippen LogP contribution is -2.27. The molecule has 0 aromatic heterocycles. The second-order valence-electron chi connectivity index (χ2n) is 5.44. The van der Waals surface area contributed by atoms with E-state index >= 15 is 0 Å². The van der Waals surface area contributed by atoms with E-state index in [2.05, 4.69) is 0 Å². The summed E-state index contributed by atoms with van der Waals surface area (Å²) in [5.41, 5.74) is 0.970. The number of phenols is 2. The Labute approximate surface area is 151 Å². The van der Waals surface area contributed by atoms with Gasteiger partial charge >= 0.3 is 0 Å². The van der Waals surface area contributed by atoms with Gasteiger partial charge in [-0.2, -0.15) is 0 Å². The van der Waals surface area contributed by atoms with E-state index in [0.29, 0.717) is 11.1 Å². The third kappa shape index (κ3) is 3.52. The lowest BCUT2D eigenvalue weighted by atomic mass is 10.1. The van der Waals surface area contributed by atoms with Crippen LogP contribution in [0.5, 0.6) is 11.5 Å². The van der Waals surface area contributed by atoms with Crippen LogP contribution in [0.4, 0.5) is 10.5 Å². The number of aromatic hydroxyl groups is 2. The highest BCUT2D eigenvalue weighted by atomic mass is 32.2. The van der Waals surface area contributed by atoms with Crippen LogP contribution < -0.4 is 0 Å². The molecule has 1 saturated heterocycles. The minimum Gasteiger partial charge on any atom is -0.504 e. The summed E-state index contributed by atoms with van der Waals surface area (Å²) in [6, 6.07) is 9.65. The summed E-state index contributed by atoms with van der Waals surface area (Å²) in [5.74, 6) is -1.11. The number of carbonyl (C=O) groups excluding carboxylic acids is 2. The molecule has 0 bridgehead atoms. The van der Waals surface area contributed by atoms with Gasteiger partial charge in [-0.1, -0.05) is 18.2 Å². The number of nitro benzene ring substituents is 1. The molecule has 0 spiro atoms. The number of benzene rings is 2. The first kappa shape index (κ1) is 17.5. The van der Waals surface area contributed by atoms with Crippen LogP contribution in [0.2, 0.25) is 0 Å². The fourth-order valence-electron chi connectivity index (χ4n) is 2.32. The van der Waals surface area contributed by atoms with E-state index in [9.17, 15) is 29.9 Å². The van der Waals surface area contributed by atoms with Crippen molar-refractivity contribution >= 4 is 34.7 Å². The number of nitrogens with zero attached hydrogens (tertiary/aromatic N) is 2. The minimum atomic E-state index is -0.528. The SMILES string of the molecule is O=C1S/C(=C/c2ccc(O)c(O)c2)C(=O)N1Cc1ccc([N+](=O)[O-])cc1. The Bertz CT molecular complexity index is 939. The van der Waals surface area contributed by atoms with Crippen molar-refractivity contribution in [3.63, 3.8) is 0 Å². The van der Waals surface area contributed by atoms with Crippen LogP contribution >= 0.6 is 11.8 Å². The van der Waals surface area contributed by atoms with Crippen LogP contribution in [0.15, 0.2) is 47.4 Å². The molecule has 132 valence electrons. The Morgan fingerprint density at radius 3 is 2.38 bits per heavy atom. The lowest BCUT2D eigenvalue weighted by Gasteiger charge is -2.12. The molecule has 1 aliphatic rings. The van der Waals surface area contributed by atoms with Gasteiger partial charge < -0.3 is 10.2 Å². The summed E-state index contributed by atoms with van der Waals surface area (Å²) in [5, 5.41) is 29.0. The molecule has 8 nitrogen and oxygen atoms in total. The maximum Gasteiger partial charge on any atom is 0.293 e. The number of imide groups is 1. The smallest absolute Gasteiger partial charge is 0.293 e. The number of nitro groups is 1. The summed E-state index contributed by atoms with van der Waals surface area (Å²) >= 11 is 0.760. The van der Waals surface area contributed by atoms with Crippen molar-refractivity contribution in [1.29, 1.82) is 0 Å². The van der Waals surface area contributed by atoms with Crippen molar-refractivity contribution in [2.75, 3.05) is 0 Å². The molecule has 3 rings (SSSR count). The maximum atomic E-state index is 12.4. The molecule has 9 heteroatoms. The molecule has 2 N–H and O–H groups in total. The average Bonchev–Trinajstić information content (AvgIpc) is 2.86. The van der Waals surface area contributed by atoms with Crippen LogP contribution in [0.1, 0.15) is 11.1 Å². The van der Waals surface area contributed by atoms with Gasteiger partial charge in [0.25, 0.3) is 16.8 Å².